The van der Waals surface area contributed by atoms with E-state index in [0.29, 0.717) is 13.1 Å². The van der Waals surface area contributed by atoms with Crippen LogP contribution in [0.1, 0.15) is 25.3 Å². The highest BCUT2D eigenvalue weighted by Gasteiger charge is 1.99. The molecule has 0 spiro atoms. The number of rotatable bonds is 4. The summed E-state index contributed by atoms with van der Waals surface area (Å²) >= 11 is 0. The lowest BCUT2D eigenvalue weighted by atomic mass is 10.2. The van der Waals surface area contributed by atoms with Crippen LogP contribution < -0.4 is 16.4 Å². The zero-order valence-corrected chi connectivity index (χ0v) is 10.6. The van der Waals surface area contributed by atoms with Crippen LogP contribution in [0.25, 0.3) is 0 Å². The molecule has 0 fully saturated rings. The molecule has 0 aliphatic carbocycles. The van der Waals surface area contributed by atoms with Gasteiger partial charge in [-0.25, -0.2) is 4.79 Å². The Bertz CT molecular complexity index is 429. The SMILES string of the molecule is CCCCNC(=O)Nc1ccc(C#CCN)cc1. The average Bonchev–Trinajstić information content (AvgIpc) is 2.38. The molecular formula is C14H19N3O. The molecule has 0 saturated heterocycles. The highest BCUT2D eigenvalue weighted by atomic mass is 16.2. The molecule has 0 bridgehead atoms. The van der Waals surface area contributed by atoms with Gasteiger partial charge >= 0.3 is 6.03 Å². The number of nitrogens with two attached hydrogens (primary N) is 1. The third kappa shape index (κ3) is 5.37. The molecule has 0 unspecified atom stereocenters. The lowest BCUT2D eigenvalue weighted by molar-refractivity contribution is 0.252. The number of nitrogens with one attached hydrogen (secondary N) is 2. The van der Waals surface area contributed by atoms with E-state index in [1.54, 1.807) is 0 Å². The number of hydrogen-bond acceptors (Lipinski definition) is 2. The molecule has 4 heteroatoms. The van der Waals surface area contributed by atoms with Gasteiger partial charge in [0.15, 0.2) is 0 Å². The largest absolute Gasteiger partial charge is 0.338 e. The monoisotopic (exact) mass is 245 g/mol. The van der Waals surface area contributed by atoms with Gasteiger partial charge in [-0.2, -0.15) is 0 Å². The third-order valence-corrected chi connectivity index (χ3v) is 2.29. The Hall–Kier alpha value is -1.99. The predicted octanol–water partition coefficient (Wildman–Crippen LogP) is 1.92. The summed E-state index contributed by atoms with van der Waals surface area (Å²) < 4.78 is 0. The Morgan fingerprint density at radius 2 is 2.06 bits per heavy atom. The topological polar surface area (TPSA) is 67.2 Å². The van der Waals surface area contributed by atoms with Crippen molar-refractivity contribution in [1.82, 2.24) is 5.32 Å². The molecular weight excluding hydrogens is 226 g/mol. The Kier molecular flexibility index (Phi) is 6.37. The molecule has 1 aromatic rings. The van der Waals surface area contributed by atoms with Crippen molar-refractivity contribution in [2.24, 2.45) is 5.73 Å². The van der Waals surface area contributed by atoms with Crippen molar-refractivity contribution in [3.05, 3.63) is 29.8 Å². The first-order chi connectivity index (χ1) is 8.76. The Morgan fingerprint density at radius 1 is 1.33 bits per heavy atom. The number of unbranched alkanes of at least 4 members (excludes halogenated alkanes) is 1. The number of benzene rings is 1. The first kappa shape index (κ1) is 14.1. The van der Waals surface area contributed by atoms with E-state index in [2.05, 4.69) is 29.4 Å². The van der Waals surface area contributed by atoms with Gasteiger partial charge in [0.05, 0.1) is 6.54 Å². The van der Waals surface area contributed by atoms with Crippen molar-refractivity contribution in [2.45, 2.75) is 19.8 Å². The van der Waals surface area contributed by atoms with E-state index >= 15 is 0 Å². The van der Waals surface area contributed by atoms with Gasteiger partial charge in [-0.3, -0.25) is 0 Å². The number of amides is 2. The fourth-order valence-corrected chi connectivity index (χ4v) is 1.34. The number of anilines is 1. The maximum Gasteiger partial charge on any atom is 0.319 e. The van der Waals surface area contributed by atoms with Crippen LogP contribution in [0.5, 0.6) is 0 Å². The minimum absolute atomic E-state index is 0.177. The average molecular weight is 245 g/mol. The van der Waals surface area contributed by atoms with Crippen molar-refractivity contribution in [2.75, 3.05) is 18.4 Å². The summed E-state index contributed by atoms with van der Waals surface area (Å²) in [7, 11) is 0. The lowest BCUT2D eigenvalue weighted by Gasteiger charge is -2.06. The predicted molar refractivity (Wildman–Crippen MR) is 74.3 cm³/mol. The molecule has 1 aromatic carbocycles. The van der Waals surface area contributed by atoms with E-state index in [1.807, 2.05) is 24.3 Å². The fourth-order valence-electron chi connectivity index (χ4n) is 1.34. The van der Waals surface area contributed by atoms with E-state index in [4.69, 9.17) is 5.73 Å². The van der Waals surface area contributed by atoms with E-state index in [9.17, 15) is 4.79 Å². The summed E-state index contributed by atoms with van der Waals surface area (Å²) in [6.45, 7) is 3.13. The third-order valence-electron chi connectivity index (χ3n) is 2.29. The van der Waals surface area contributed by atoms with Gasteiger partial charge in [0, 0.05) is 17.8 Å². The molecule has 0 saturated carbocycles. The van der Waals surface area contributed by atoms with Crippen LogP contribution in [0, 0.1) is 11.8 Å². The second-order valence-electron chi connectivity index (χ2n) is 3.82. The lowest BCUT2D eigenvalue weighted by Crippen LogP contribution is -2.29. The molecule has 4 N–H and O–H groups in total. The highest BCUT2D eigenvalue weighted by Crippen LogP contribution is 2.08. The van der Waals surface area contributed by atoms with Crippen LogP contribution in [-0.2, 0) is 0 Å². The summed E-state index contributed by atoms with van der Waals surface area (Å²) in [6.07, 6.45) is 2.05. The minimum atomic E-state index is -0.177. The van der Waals surface area contributed by atoms with Crippen LogP contribution in [0.4, 0.5) is 10.5 Å². The first-order valence-corrected chi connectivity index (χ1v) is 6.10. The van der Waals surface area contributed by atoms with Crippen molar-refractivity contribution in [1.29, 1.82) is 0 Å². The standard InChI is InChI=1S/C14H19N3O/c1-2-3-11-16-14(18)17-13-8-6-12(7-9-13)5-4-10-15/h6-9H,2-3,10-11,15H2,1H3,(H2,16,17,18). The molecule has 0 aliphatic rings. The molecule has 1 rings (SSSR count). The van der Waals surface area contributed by atoms with Crippen molar-refractivity contribution in [3.63, 3.8) is 0 Å². The fraction of sp³-hybridized carbons (Fsp3) is 0.357. The van der Waals surface area contributed by atoms with Gasteiger partial charge in [0.1, 0.15) is 0 Å². The molecule has 0 radical (unpaired) electrons. The number of carbonyl (C=O) groups excluding carboxylic acids is 1. The first-order valence-electron chi connectivity index (χ1n) is 6.10. The van der Waals surface area contributed by atoms with Crippen LogP contribution >= 0.6 is 0 Å². The Labute approximate surface area is 108 Å². The van der Waals surface area contributed by atoms with Gasteiger partial charge in [-0.1, -0.05) is 25.2 Å². The van der Waals surface area contributed by atoms with E-state index in [1.165, 1.54) is 0 Å². The maximum absolute atomic E-state index is 11.5. The van der Waals surface area contributed by atoms with Gasteiger partial charge in [0.2, 0.25) is 0 Å². The maximum atomic E-state index is 11.5. The molecule has 2 amide bonds. The van der Waals surface area contributed by atoms with Crippen LogP contribution in [-0.4, -0.2) is 19.1 Å². The normalized spacial score (nSPS) is 9.22. The quantitative estimate of drug-likeness (QED) is 0.560. The van der Waals surface area contributed by atoms with Gasteiger partial charge < -0.3 is 16.4 Å². The Balaban J connectivity index is 2.45. The summed E-state index contributed by atoms with van der Waals surface area (Å²) in [6, 6.07) is 7.17. The molecule has 4 nitrogen and oxygen atoms in total. The zero-order chi connectivity index (χ0) is 13.2. The number of carbonyl (C=O) groups is 1. The molecule has 0 aromatic heterocycles. The summed E-state index contributed by atoms with van der Waals surface area (Å²) in [5, 5.41) is 5.55. The molecule has 0 heterocycles. The van der Waals surface area contributed by atoms with Gasteiger partial charge in [-0.15, -0.1) is 0 Å². The van der Waals surface area contributed by atoms with Crippen molar-refractivity contribution < 1.29 is 4.79 Å². The van der Waals surface area contributed by atoms with E-state index in [0.717, 1.165) is 24.1 Å². The molecule has 0 atom stereocenters. The number of hydrogen-bond donors (Lipinski definition) is 3. The van der Waals surface area contributed by atoms with Crippen LogP contribution in [0.3, 0.4) is 0 Å². The second-order valence-corrected chi connectivity index (χ2v) is 3.82. The van der Waals surface area contributed by atoms with Crippen molar-refractivity contribution in [3.8, 4) is 11.8 Å². The van der Waals surface area contributed by atoms with Gasteiger partial charge in [-0.05, 0) is 30.7 Å². The summed E-state index contributed by atoms with van der Waals surface area (Å²) in [4.78, 5) is 11.5. The highest BCUT2D eigenvalue weighted by molar-refractivity contribution is 5.89. The van der Waals surface area contributed by atoms with Crippen molar-refractivity contribution >= 4 is 11.7 Å². The van der Waals surface area contributed by atoms with Gasteiger partial charge in [0.25, 0.3) is 0 Å². The summed E-state index contributed by atoms with van der Waals surface area (Å²) in [5.41, 5.74) is 6.93. The molecule has 18 heavy (non-hydrogen) atoms. The van der Waals surface area contributed by atoms with E-state index < -0.39 is 0 Å². The summed E-state index contributed by atoms with van der Waals surface area (Å²) in [5.74, 6) is 5.70. The zero-order valence-electron chi connectivity index (χ0n) is 10.6. The minimum Gasteiger partial charge on any atom is -0.338 e. The van der Waals surface area contributed by atoms with Crippen LogP contribution in [0.2, 0.25) is 0 Å². The second kappa shape index (κ2) is 8.15. The molecule has 96 valence electrons. The molecule has 0 aliphatic heterocycles. The smallest absolute Gasteiger partial charge is 0.319 e. The van der Waals surface area contributed by atoms with Crippen LogP contribution in [0.15, 0.2) is 24.3 Å². The number of urea groups is 1. The van der Waals surface area contributed by atoms with E-state index in [-0.39, 0.29) is 6.03 Å². The Morgan fingerprint density at radius 3 is 2.67 bits per heavy atom.